The Bertz CT molecular complexity index is 777. The first-order chi connectivity index (χ1) is 10.3. The molecular weight excluding hydrogens is 307 g/mol. The summed E-state index contributed by atoms with van der Waals surface area (Å²) < 4.78 is 18.2. The van der Waals surface area contributed by atoms with Gasteiger partial charge in [-0.3, -0.25) is 4.57 Å². The van der Waals surface area contributed by atoms with Gasteiger partial charge < -0.3 is 19.1 Å². The zero-order chi connectivity index (χ0) is 16.0. The highest BCUT2D eigenvalue weighted by Crippen LogP contribution is 2.49. The zero-order valence-corrected chi connectivity index (χ0v) is 13.0. The molecule has 0 amide bonds. The maximum absolute atomic E-state index is 11.0. The molecule has 0 unspecified atom stereocenters. The number of hydrogen-bond acceptors (Lipinski definition) is 5. The molecular formula is C13H17N4O4P. The Morgan fingerprint density at radius 1 is 1.45 bits per heavy atom. The van der Waals surface area contributed by atoms with Crippen LogP contribution in [-0.4, -0.2) is 41.3 Å². The van der Waals surface area contributed by atoms with Crippen LogP contribution < -0.4 is 0 Å². The first-order valence-electron chi connectivity index (χ1n) is 6.80. The topological polar surface area (TPSA) is 110 Å². The highest BCUT2D eigenvalue weighted by molar-refractivity contribution is 7.51. The van der Waals surface area contributed by atoms with Gasteiger partial charge in [-0.15, -0.1) is 0 Å². The molecule has 2 aromatic heterocycles. The third kappa shape index (κ3) is 2.96. The molecule has 22 heavy (non-hydrogen) atoms. The van der Waals surface area contributed by atoms with Gasteiger partial charge in [0.15, 0.2) is 5.65 Å². The minimum absolute atomic E-state index is 0.439. The van der Waals surface area contributed by atoms with E-state index >= 15 is 0 Å². The van der Waals surface area contributed by atoms with Gasteiger partial charge in [-0.1, -0.05) is 6.58 Å². The van der Waals surface area contributed by atoms with Crippen molar-refractivity contribution >= 4 is 18.8 Å². The summed E-state index contributed by atoms with van der Waals surface area (Å²) in [7, 11) is -4.18. The van der Waals surface area contributed by atoms with Crippen molar-refractivity contribution in [3.63, 3.8) is 0 Å². The number of aromatic nitrogens is 4. The van der Waals surface area contributed by atoms with Gasteiger partial charge in [0.25, 0.3) is 0 Å². The molecule has 1 aliphatic rings. The minimum Gasteiger partial charge on any atom is -0.358 e. The van der Waals surface area contributed by atoms with Crippen LogP contribution in [0.4, 0.5) is 0 Å². The summed E-state index contributed by atoms with van der Waals surface area (Å²) in [5.41, 5.74) is 2.36. The fourth-order valence-corrected chi connectivity index (χ4v) is 2.80. The quantitative estimate of drug-likeness (QED) is 0.610. The molecule has 0 spiro atoms. The summed E-state index contributed by atoms with van der Waals surface area (Å²) in [6.07, 6.45) is 3.99. The van der Waals surface area contributed by atoms with Crippen LogP contribution in [0.1, 0.15) is 18.5 Å². The van der Waals surface area contributed by atoms with E-state index in [9.17, 15) is 4.57 Å². The predicted molar refractivity (Wildman–Crippen MR) is 79.2 cm³/mol. The first-order valence-corrected chi connectivity index (χ1v) is 8.60. The minimum atomic E-state index is -4.18. The number of nitrogens with zero attached hydrogens (tertiary/aromatic N) is 4. The van der Waals surface area contributed by atoms with Gasteiger partial charge in [-0.05, 0) is 25.3 Å². The summed E-state index contributed by atoms with van der Waals surface area (Å²) >= 11 is 0. The Balaban J connectivity index is 1.76. The second-order valence-electron chi connectivity index (χ2n) is 5.54. The van der Waals surface area contributed by atoms with Crippen LogP contribution in [0.25, 0.3) is 11.2 Å². The maximum atomic E-state index is 11.0. The Labute approximate surface area is 127 Å². The van der Waals surface area contributed by atoms with E-state index in [-0.39, 0.29) is 0 Å². The van der Waals surface area contributed by atoms with E-state index < -0.39 is 19.5 Å². The monoisotopic (exact) mass is 324 g/mol. The molecule has 2 N–H and O–H groups in total. The molecule has 0 saturated heterocycles. The van der Waals surface area contributed by atoms with Crippen molar-refractivity contribution in [3.05, 3.63) is 30.5 Å². The van der Waals surface area contributed by atoms with E-state index in [1.807, 2.05) is 11.5 Å². The van der Waals surface area contributed by atoms with Crippen molar-refractivity contribution in [1.29, 1.82) is 0 Å². The number of hydrogen-bond donors (Lipinski definition) is 2. The Kier molecular flexibility index (Phi) is 3.65. The van der Waals surface area contributed by atoms with Crippen molar-refractivity contribution in [2.24, 2.45) is 0 Å². The van der Waals surface area contributed by atoms with Crippen LogP contribution in [0.3, 0.4) is 0 Å². The summed E-state index contributed by atoms with van der Waals surface area (Å²) in [5, 5.41) is 0. The van der Waals surface area contributed by atoms with E-state index in [0.29, 0.717) is 25.0 Å². The fourth-order valence-electron chi connectivity index (χ4n) is 2.38. The molecule has 1 saturated carbocycles. The molecule has 0 aliphatic heterocycles. The molecule has 2 heterocycles. The molecule has 8 nitrogen and oxygen atoms in total. The first kappa shape index (κ1) is 15.3. The van der Waals surface area contributed by atoms with Gasteiger partial charge in [0.2, 0.25) is 0 Å². The normalized spacial score (nSPS) is 16.9. The van der Waals surface area contributed by atoms with E-state index in [1.54, 1.807) is 6.33 Å². The van der Waals surface area contributed by atoms with E-state index in [0.717, 1.165) is 16.8 Å². The second-order valence-corrected chi connectivity index (χ2v) is 7.13. The average Bonchev–Trinajstić information content (AvgIpc) is 3.13. The maximum Gasteiger partial charge on any atom is 0.351 e. The second kappa shape index (κ2) is 5.24. The van der Waals surface area contributed by atoms with Gasteiger partial charge in [0.1, 0.15) is 18.2 Å². The molecule has 2 aromatic rings. The zero-order valence-electron chi connectivity index (χ0n) is 12.1. The number of rotatable bonds is 6. The molecule has 0 aromatic carbocycles. The summed E-state index contributed by atoms with van der Waals surface area (Å²) in [5.74, 6) is 0. The number of aryl methyl sites for hydroxylation is 1. The lowest BCUT2D eigenvalue weighted by atomic mass is 10.1. The lowest BCUT2D eigenvalue weighted by Gasteiger charge is -2.20. The predicted octanol–water partition coefficient (Wildman–Crippen LogP) is 1.38. The van der Waals surface area contributed by atoms with Gasteiger partial charge in [-0.25, -0.2) is 15.0 Å². The van der Waals surface area contributed by atoms with E-state index in [4.69, 9.17) is 14.5 Å². The van der Waals surface area contributed by atoms with Crippen molar-refractivity contribution in [1.82, 2.24) is 19.5 Å². The van der Waals surface area contributed by atoms with Crippen LogP contribution in [0.2, 0.25) is 0 Å². The lowest BCUT2D eigenvalue weighted by Crippen LogP contribution is -2.21. The number of ether oxygens (including phenoxy) is 1. The van der Waals surface area contributed by atoms with Crippen molar-refractivity contribution < 1.29 is 19.1 Å². The Morgan fingerprint density at radius 3 is 2.82 bits per heavy atom. The molecule has 1 aliphatic carbocycles. The van der Waals surface area contributed by atoms with Gasteiger partial charge in [0, 0.05) is 6.54 Å². The smallest absolute Gasteiger partial charge is 0.351 e. The van der Waals surface area contributed by atoms with Crippen LogP contribution in [0, 0.1) is 6.92 Å². The average molecular weight is 324 g/mol. The van der Waals surface area contributed by atoms with Gasteiger partial charge in [0.05, 0.1) is 17.6 Å². The van der Waals surface area contributed by atoms with Crippen molar-refractivity contribution in [2.45, 2.75) is 31.9 Å². The largest absolute Gasteiger partial charge is 0.358 e. The molecule has 0 bridgehead atoms. The third-order valence-electron chi connectivity index (χ3n) is 3.80. The summed E-state index contributed by atoms with van der Waals surface area (Å²) in [4.78, 5) is 30.5. The number of fused-ring (bicyclic) bond motifs is 1. The van der Waals surface area contributed by atoms with Gasteiger partial charge >= 0.3 is 7.60 Å². The summed E-state index contributed by atoms with van der Waals surface area (Å²) in [6, 6.07) is 0. The van der Waals surface area contributed by atoms with Crippen LogP contribution in [0.5, 0.6) is 0 Å². The third-order valence-corrected chi connectivity index (χ3v) is 4.27. The molecule has 1 fully saturated rings. The summed E-state index contributed by atoms with van der Waals surface area (Å²) in [6.45, 7) is 6.33. The molecule has 118 valence electrons. The SMILES string of the molecule is C=C(Cn1cnc2c(C)ncnc21)C1(OCP(=O)(O)O)CC1. The highest BCUT2D eigenvalue weighted by atomic mass is 31.2. The highest BCUT2D eigenvalue weighted by Gasteiger charge is 2.47. The molecule has 9 heteroatoms. The van der Waals surface area contributed by atoms with Crippen LogP contribution >= 0.6 is 7.60 Å². The molecule has 0 atom stereocenters. The lowest BCUT2D eigenvalue weighted by molar-refractivity contribution is 0.0783. The Hall–Kier alpha value is -1.60. The van der Waals surface area contributed by atoms with E-state index in [2.05, 4.69) is 21.5 Å². The fraction of sp³-hybridized carbons (Fsp3) is 0.462. The van der Waals surface area contributed by atoms with Crippen LogP contribution in [0.15, 0.2) is 24.8 Å². The van der Waals surface area contributed by atoms with Crippen molar-refractivity contribution in [3.8, 4) is 0 Å². The standard InChI is InChI=1S/C13H17N4O4P/c1-9(13(3-4-13)21-8-22(18,19)20)5-17-7-16-11-10(2)14-6-15-12(11)17/h6-7H,1,3-5,8H2,2H3,(H2,18,19,20). The number of imidazole rings is 1. The molecule has 0 radical (unpaired) electrons. The molecule has 3 rings (SSSR count). The van der Waals surface area contributed by atoms with Crippen molar-refractivity contribution in [2.75, 3.05) is 6.35 Å². The Morgan fingerprint density at radius 2 is 2.18 bits per heavy atom. The van der Waals surface area contributed by atoms with E-state index in [1.165, 1.54) is 6.33 Å². The van der Waals surface area contributed by atoms with Crippen LogP contribution in [-0.2, 0) is 15.8 Å². The van der Waals surface area contributed by atoms with Gasteiger partial charge in [-0.2, -0.15) is 0 Å².